The van der Waals surface area contributed by atoms with Gasteiger partial charge in [-0.25, -0.2) is 9.48 Å². The number of nitrogens with zero attached hydrogens (tertiary/aromatic N) is 5. The SMILES string of the molecule is Cc1nn(CC(=O)N(C)Cc2ccno2)c(=O)n1CCc1ccccc1. The van der Waals surface area contributed by atoms with Crippen LogP contribution in [0.5, 0.6) is 0 Å². The summed E-state index contributed by atoms with van der Waals surface area (Å²) in [6.07, 6.45) is 2.25. The number of carbonyl (C=O) groups excluding carboxylic acids is 1. The van der Waals surface area contributed by atoms with Crippen molar-refractivity contribution in [2.24, 2.45) is 0 Å². The molecule has 0 saturated carbocycles. The minimum Gasteiger partial charge on any atom is -0.360 e. The minimum absolute atomic E-state index is 0.108. The van der Waals surface area contributed by atoms with Gasteiger partial charge in [0, 0.05) is 19.7 Å². The van der Waals surface area contributed by atoms with E-state index in [9.17, 15) is 9.59 Å². The number of hydrogen-bond acceptors (Lipinski definition) is 5. The summed E-state index contributed by atoms with van der Waals surface area (Å²) in [6.45, 7) is 2.48. The number of carbonyl (C=O) groups is 1. The van der Waals surface area contributed by atoms with Gasteiger partial charge in [0.25, 0.3) is 0 Å². The van der Waals surface area contributed by atoms with Crippen molar-refractivity contribution in [3.8, 4) is 0 Å². The topological polar surface area (TPSA) is 86.2 Å². The zero-order chi connectivity index (χ0) is 18.5. The van der Waals surface area contributed by atoms with Crippen molar-refractivity contribution in [1.29, 1.82) is 0 Å². The Morgan fingerprint density at radius 1 is 1.23 bits per heavy atom. The van der Waals surface area contributed by atoms with Crippen molar-refractivity contribution in [2.45, 2.75) is 33.0 Å². The van der Waals surface area contributed by atoms with Gasteiger partial charge in [0.1, 0.15) is 12.4 Å². The smallest absolute Gasteiger partial charge is 0.346 e. The van der Waals surface area contributed by atoms with E-state index in [-0.39, 0.29) is 18.1 Å². The first kappa shape index (κ1) is 17.7. The highest BCUT2D eigenvalue weighted by atomic mass is 16.5. The number of aryl methyl sites for hydroxylation is 2. The Bertz CT molecular complexity index is 912. The van der Waals surface area contributed by atoms with Crippen LogP contribution in [-0.4, -0.2) is 37.4 Å². The van der Waals surface area contributed by atoms with Gasteiger partial charge in [-0.1, -0.05) is 35.5 Å². The highest BCUT2D eigenvalue weighted by Gasteiger charge is 2.16. The van der Waals surface area contributed by atoms with Crippen molar-refractivity contribution in [1.82, 2.24) is 24.4 Å². The van der Waals surface area contributed by atoms with Crippen LogP contribution in [0.2, 0.25) is 0 Å². The molecule has 1 aromatic carbocycles. The molecular formula is C18H21N5O3. The Labute approximate surface area is 150 Å². The van der Waals surface area contributed by atoms with E-state index in [1.165, 1.54) is 15.8 Å². The van der Waals surface area contributed by atoms with Crippen LogP contribution in [0, 0.1) is 6.92 Å². The minimum atomic E-state index is -0.278. The second-order valence-electron chi connectivity index (χ2n) is 6.10. The molecule has 1 amide bonds. The molecule has 2 aromatic heterocycles. The third kappa shape index (κ3) is 4.08. The second-order valence-corrected chi connectivity index (χ2v) is 6.10. The summed E-state index contributed by atoms with van der Waals surface area (Å²) in [6, 6.07) is 11.6. The van der Waals surface area contributed by atoms with Crippen LogP contribution in [0.1, 0.15) is 17.1 Å². The number of amides is 1. The summed E-state index contributed by atoms with van der Waals surface area (Å²) in [7, 11) is 1.65. The molecule has 0 unspecified atom stereocenters. The van der Waals surface area contributed by atoms with E-state index in [0.717, 1.165) is 12.0 Å². The molecule has 0 radical (unpaired) electrons. The quantitative estimate of drug-likeness (QED) is 0.636. The molecule has 0 saturated heterocycles. The molecule has 0 fully saturated rings. The van der Waals surface area contributed by atoms with Gasteiger partial charge in [0.2, 0.25) is 5.91 Å². The molecular weight excluding hydrogens is 334 g/mol. The van der Waals surface area contributed by atoms with Gasteiger partial charge in [-0.05, 0) is 18.9 Å². The highest BCUT2D eigenvalue weighted by Crippen LogP contribution is 2.04. The third-order valence-electron chi connectivity index (χ3n) is 4.17. The maximum absolute atomic E-state index is 12.6. The number of aromatic nitrogens is 4. The molecule has 136 valence electrons. The lowest BCUT2D eigenvalue weighted by Crippen LogP contribution is -2.34. The first-order valence-corrected chi connectivity index (χ1v) is 8.36. The van der Waals surface area contributed by atoms with Crippen LogP contribution >= 0.6 is 0 Å². The highest BCUT2D eigenvalue weighted by molar-refractivity contribution is 5.75. The summed E-state index contributed by atoms with van der Waals surface area (Å²) >= 11 is 0. The van der Waals surface area contributed by atoms with E-state index in [0.29, 0.717) is 24.7 Å². The number of likely N-dealkylation sites (N-methyl/N-ethyl adjacent to an activating group) is 1. The lowest BCUT2D eigenvalue weighted by atomic mass is 10.1. The largest absolute Gasteiger partial charge is 0.360 e. The Kier molecular flexibility index (Phi) is 5.31. The van der Waals surface area contributed by atoms with Crippen LogP contribution in [0.3, 0.4) is 0 Å². The van der Waals surface area contributed by atoms with Crippen LogP contribution in [0.25, 0.3) is 0 Å². The average molecular weight is 355 g/mol. The fourth-order valence-electron chi connectivity index (χ4n) is 2.69. The lowest BCUT2D eigenvalue weighted by molar-refractivity contribution is -0.131. The average Bonchev–Trinajstić information content (AvgIpc) is 3.23. The summed E-state index contributed by atoms with van der Waals surface area (Å²) in [4.78, 5) is 26.4. The molecule has 0 N–H and O–H groups in total. The Morgan fingerprint density at radius 2 is 2.00 bits per heavy atom. The summed E-state index contributed by atoms with van der Waals surface area (Å²) in [5.41, 5.74) is 0.870. The van der Waals surface area contributed by atoms with Gasteiger partial charge in [0.05, 0.1) is 12.7 Å². The molecule has 2 heterocycles. The number of benzene rings is 1. The van der Waals surface area contributed by atoms with E-state index in [1.807, 2.05) is 30.3 Å². The fourth-order valence-corrected chi connectivity index (χ4v) is 2.69. The van der Waals surface area contributed by atoms with E-state index in [4.69, 9.17) is 4.52 Å². The van der Waals surface area contributed by atoms with Crippen LogP contribution in [0.15, 0.2) is 51.9 Å². The summed E-state index contributed by atoms with van der Waals surface area (Å²) in [5, 5.41) is 7.83. The van der Waals surface area contributed by atoms with E-state index < -0.39 is 0 Å². The molecule has 0 atom stereocenters. The second kappa shape index (κ2) is 7.81. The Balaban J connectivity index is 1.65. The fraction of sp³-hybridized carbons (Fsp3) is 0.333. The molecule has 0 aliphatic heterocycles. The van der Waals surface area contributed by atoms with Crippen molar-refractivity contribution in [3.05, 3.63) is 70.2 Å². The number of rotatable bonds is 7. The molecule has 8 nitrogen and oxygen atoms in total. The van der Waals surface area contributed by atoms with Crippen LogP contribution < -0.4 is 5.69 Å². The zero-order valence-corrected chi connectivity index (χ0v) is 14.8. The summed E-state index contributed by atoms with van der Waals surface area (Å²) < 4.78 is 7.80. The van der Waals surface area contributed by atoms with Crippen LogP contribution in [0.4, 0.5) is 0 Å². The van der Waals surface area contributed by atoms with Crippen molar-refractivity contribution < 1.29 is 9.32 Å². The number of hydrogen-bond donors (Lipinski definition) is 0. The first-order chi connectivity index (χ1) is 12.5. The zero-order valence-electron chi connectivity index (χ0n) is 14.8. The van der Waals surface area contributed by atoms with Gasteiger partial charge >= 0.3 is 5.69 Å². The van der Waals surface area contributed by atoms with Gasteiger partial charge < -0.3 is 9.42 Å². The normalized spacial score (nSPS) is 10.8. The molecule has 8 heteroatoms. The molecule has 3 rings (SSSR count). The van der Waals surface area contributed by atoms with Crippen LogP contribution in [-0.2, 0) is 30.8 Å². The standard InChI is InChI=1S/C18H21N5O3/c1-14-20-23(13-17(24)21(2)12-16-8-10-19-26-16)18(25)22(14)11-9-15-6-4-3-5-7-15/h3-8,10H,9,11-13H2,1-2H3. The monoisotopic (exact) mass is 355 g/mol. The predicted molar refractivity (Wildman–Crippen MR) is 94.3 cm³/mol. The summed E-state index contributed by atoms with van der Waals surface area (Å²) in [5.74, 6) is 0.950. The molecule has 0 aliphatic carbocycles. The van der Waals surface area contributed by atoms with Gasteiger partial charge in [-0.15, -0.1) is 0 Å². The molecule has 3 aromatic rings. The molecule has 0 bridgehead atoms. The van der Waals surface area contributed by atoms with Crippen molar-refractivity contribution in [3.63, 3.8) is 0 Å². The third-order valence-corrected chi connectivity index (χ3v) is 4.17. The molecule has 0 aliphatic rings. The van der Waals surface area contributed by atoms with Crippen molar-refractivity contribution >= 4 is 5.91 Å². The predicted octanol–water partition coefficient (Wildman–Crippen LogP) is 1.24. The Hall–Kier alpha value is -3.16. The van der Waals surface area contributed by atoms with Crippen molar-refractivity contribution in [2.75, 3.05) is 7.05 Å². The lowest BCUT2D eigenvalue weighted by Gasteiger charge is -2.14. The van der Waals surface area contributed by atoms with Gasteiger partial charge in [-0.2, -0.15) is 5.10 Å². The van der Waals surface area contributed by atoms with E-state index in [2.05, 4.69) is 10.3 Å². The van der Waals surface area contributed by atoms with Gasteiger partial charge in [-0.3, -0.25) is 9.36 Å². The first-order valence-electron chi connectivity index (χ1n) is 8.36. The van der Waals surface area contributed by atoms with E-state index in [1.54, 1.807) is 24.6 Å². The maximum Gasteiger partial charge on any atom is 0.346 e. The maximum atomic E-state index is 12.6. The van der Waals surface area contributed by atoms with E-state index >= 15 is 0 Å². The Morgan fingerprint density at radius 3 is 2.69 bits per heavy atom. The molecule has 26 heavy (non-hydrogen) atoms. The van der Waals surface area contributed by atoms with Gasteiger partial charge in [0.15, 0.2) is 5.76 Å². The molecule has 0 spiro atoms.